The molecular weight excluding hydrogens is 398 g/mol. The highest BCUT2D eigenvalue weighted by molar-refractivity contribution is 9.10. The van der Waals surface area contributed by atoms with E-state index in [4.69, 9.17) is 4.74 Å². The fourth-order valence-corrected chi connectivity index (χ4v) is 3.11. The molecule has 26 heavy (non-hydrogen) atoms. The van der Waals surface area contributed by atoms with Gasteiger partial charge in [-0.05, 0) is 50.1 Å². The second-order valence-electron chi connectivity index (χ2n) is 6.02. The van der Waals surface area contributed by atoms with Crippen molar-refractivity contribution in [2.75, 3.05) is 12.4 Å². The first-order valence-electron chi connectivity index (χ1n) is 7.98. The number of halogens is 1. The van der Waals surface area contributed by atoms with Crippen LogP contribution >= 0.6 is 15.9 Å². The number of carbonyl (C=O) groups excluding carboxylic acids is 1. The van der Waals surface area contributed by atoms with E-state index in [1.54, 1.807) is 13.0 Å². The monoisotopic (exact) mass is 417 g/mol. The van der Waals surface area contributed by atoms with Crippen molar-refractivity contribution in [1.82, 2.24) is 4.57 Å². The van der Waals surface area contributed by atoms with Gasteiger partial charge >= 0.3 is 0 Å². The highest BCUT2D eigenvalue weighted by Gasteiger charge is 2.16. The molecule has 0 atom stereocenters. The molecule has 136 valence electrons. The topological polar surface area (TPSA) is 84.1 Å². The molecule has 7 heteroatoms. The molecule has 0 aliphatic carbocycles. The van der Waals surface area contributed by atoms with Crippen LogP contribution < -0.4 is 10.9 Å². The fourth-order valence-electron chi connectivity index (χ4n) is 2.68. The second-order valence-corrected chi connectivity index (χ2v) is 6.87. The number of anilines is 1. The molecule has 2 rings (SSSR count). The number of nitrogens with one attached hydrogen (secondary N) is 1. The van der Waals surface area contributed by atoms with Crippen LogP contribution in [0.25, 0.3) is 0 Å². The van der Waals surface area contributed by atoms with Crippen LogP contribution in [-0.4, -0.2) is 17.6 Å². The van der Waals surface area contributed by atoms with Crippen molar-refractivity contribution in [1.29, 1.82) is 5.26 Å². The molecule has 0 spiro atoms. The van der Waals surface area contributed by atoms with Gasteiger partial charge in [-0.15, -0.1) is 0 Å². The van der Waals surface area contributed by atoms with Crippen LogP contribution in [0.4, 0.5) is 5.69 Å². The summed E-state index contributed by atoms with van der Waals surface area (Å²) in [6.45, 7) is 5.60. The summed E-state index contributed by atoms with van der Waals surface area (Å²) in [5.74, 6) is -0.330. The number of methoxy groups -OCH3 is 1. The van der Waals surface area contributed by atoms with Gasteiger partial charge in [-0.25, -0.2) is 0 Å². The lowest BCUT2D eigenvalue weighted by Crippen LogP contribution is -2.31. The zero-order valence-corrected chi connectivity index (χ0v) is 16.7. The van der Waals surface area contributed by atoms with Crippen molar-refractivity contribution >= 4 is 27.5 Å². The van der Waals surface area contributed by atoms with Gasteiger partial charge < -0.3 is 14.6 Å². The molecular formula is C19H20BrN3O3. The molecule has 0 fully saturated rings. The summed E-state index contributed by atoms with van der Waals surface area (Å²) in [5.41, 5.74) is 3.31. The first-order valence-corrected chi connectivity index (χ1v) is 8.77. The average molecular weight is 418 g/mol. The lowest BCUT2D eigenvalue weighted by atomic mass is 10.1. The molecule has 1 amide bonds. The van der Waals surface area contributed by atoms with Crippen LogP contribution in [-0.2, 0) is 22.7 Å². The van der Waals surface area contributed by atoms with Gasteiger partial charge in [-0.2, -0.15) is 5.26 Å². The van der Waals surface area contributed by atoms with Gasteiger partial charge in [0.05, 0.1) is 6.61 Å². The predicted octanol–water partition coefficient (Wildman–Crippen LogP) is 3.19. The fraction of sp³-hybridized carbons (Fsp3) is 0.316. The van der Waals surface area contributed by atoms with Crippen molar-refractivity contribution < 1.29 is 9.53 Å². The molecule has 1 N–H and O–H groups in total. The first kappa shape index (κ1) is 19.9. The van der Waals surface area contributed by atoms with E-state index >= 15 is 0 Å². The third-order valence-electron chi connectivity index (χ3n) is 4.30. The number of hydrogen-bond acceptors (Lipinski definition) is 4. The van der Waals surface area contributed by atoms with E-state index in [-0.39, 0.29) is 24.6 Å². The SMILES string of the molecule is COCc1cc(C)n(CC(=O)Nc2ccc(Br)c(C)c2C)c(=O)c1C#N. The van der Waals surface area contributed by atoms with Crippen molar-refractivity contribution in [2.45, 2.75) is 33.9 Å². The van der Waals surface area contributed by atoms with Crippen LogP contribution in [0, 0.1) is 32.1 Å². The lowest BCUT2D eigenvalue weighted by molar-refractivity contribution is -0.116. The molecule has 0 saturated heterocycles. The standard InChI is InChI=1S/C19H20BrN3O3/c1-11-7-14(10-26-4)15(8-21)19(25)23(11)9-18(24)22-17-6-5-16(20)12(2)13(17)3/h5-7H,9-10H2,1-4H3,(H,22,24). The molecule has 2 aromatic rings. The van der Waals surface area contributed by atoms with Crippen LogP contribution in [0.2, 0.25) is 0 Å². The van der Waals surface area contributed by atoms with E-state index in [2.05, 4.69) is 21.2 Å². The molecule has 0 unspecified atom stereocenters. The number of aromatic nitrogens is 1. The predicted molar refractivity (Wildman–Crippen MR) is 103 cm³/mol. The molecule has 6 nitrogen and oxygen atoms in total. The van der Waals surface area contributed by atoms with Gasteiger partial charge in [-0.1, -0.05) is 15.9 Å². The number of aryl methyl sites for hydroxylation is 1. The van der Waals surface area contributed by atoms with E-state index in [0.717, 1.165) is 15.6 Å². The van der Waals surface area contributed by atoms with Crippen LogP contribution in [0.15, 0.2) is 27.5 Å². The Balaban J connectivity index is 2.32. The Hall–Kier alpha value is -2.43. The van der Waals surface area contributed by atoms with E-state index < -0.39 is 5.56 Å². The number of rotatable bonds is 5. The van der Waals surface area contributed by atoms with Gasteiger partial charge in [-0.3, -0.25) is 9.59 Å². The average Bonchev–Trinajstić information content (AvgIpc) is 2.59. The minimum atomic E-state index is -0.488. The number of amides is 1. The number of nitrogens with zero attached hydrogens (tertiary/aromatic N) is 2. The Morgan fingerprint density at radius 2 is 2.00 bits per heavy atom. The van der Waals surface area contributed by atoms with Crippen molar-refractivity contribution in [3.8, 4) is 6.07 Å². The minimum Gasteiger partial charge on any atom is -0.380 e. The van der Waals surface area contributed by atoms with Crippen molar-refractivity contribution in [3.63, 3.8) is 0 Å². The summed E-state index contributed by atoms with van der Waals surface area (Å²) >= 11 is 3.46. The van der Waals surface area contributed by atoms with E-state index in [1.807, 2.05) is 32.0 Å². The number of hydrogen-bond donors (Lipinski definition) is 1. The quantitative estimate of drug-likeness (QED) is 0.809. The number of benzene rings is 1. The summed E-state index contributed by atoms with van der Waals surface area (Å²) in [6.07, 6.45) is 0. The number of carbonyl (C=O) groups is 1. The van der Waals surface area contributed by atoms with Gasteiger partial charge in [0, 0.05) is 28.5 Å². The molecule has 0 aliphatic rings. The smallest absolute Gasteiger partial charge is 0.269 e. The third-order valence-corrected chi connectivity index (χ3v) is 5.16. The Kier molecular flexibility index (Phi) is 6.35. The molecule has 0 radical (unpaired) electrons. The van der Waals surface area contributed by atoms with Gasteiger partial charge in [0.25, 0.3) is 5.56 Å². The number of pyridine rings is 1. The van der Waals surface area contributed by atoms with E-state index in [9.17, 15) is 14.9 Å². The van der Waals surface area contributed by atoms with Crippen molar-refractivity contribution in [2.24, 2.45) is 0 Å². The summed E-state index contributed by atoms with van der Waals surface area (Å²) in [4.78, 5) is 25.0. The second kappa shape index (κ2) is 8.30. The summed E-state index contributed by atoms with van der Waals surface area (Å²) < 4.78 is 7.30. The zero-order valence-electron chi connectivity index (χ0n) is 15.1. The van der Waals surface area contributed by atoms with Gasteiger partial charge in [0.1, 0.15) is 18.2 Å². The summed E-state index contributed by atoms with van der Waals surface area (Å²) in [6, 6.07) is 7.28. The molecule has 0 bridgehead atoms. The van der Waals surface area contributed by atoms with E-state index in [0.29, 0.717) is 16.9 Å². The van der Waals surface area contributed by atoms with Gasteiger partial charge in [0.2, 0.25) is 5.91 Å². The number of nitriles is 1. The Bertz CT molecular complexity index is 958. The Labute approximate surface area is 160 Å². The maximum absolute atomic E-state index is 12.6. The highest BCUT2D eigenvalue weighted by atomic mass is 79.9. The van der Waals surface area contributed by atoms with Crippen molar-refractivity contribution in [3.05, 3.63) is 61.0 Å². The normalized spacial score (nSPS) is 10.5. The van der Waals surface area contributed by atoms with Crippen LogP contribution in [0.5, 0.6) is 0 Å². The minimum absolute atomic E-state index is 0.000849. The summed E-state index contributed by atoms with van der Waals surface area (Å²) in [5, 5.41) is 12.1. The largest absolute Gasteiger partial charge is 0.380 e. The number of ether oxygens (including phenoxy) is 1. The molecule has 0 saturated carbocycles. The molecule has 0 aliphatic heterocycles. The zero-order chi connectivity index (χ0) is 19.4. The Morgan fingerprint density at radius 1 is 1.31 bits per heavy atom. The lowest BCUT2D eigenvalue weighted by Gasteiger charge is -2.15. The Morgan fingerprint density at radius 3 is 2.62 bits per heavy atom. The van der Waals surface area contributed by atoms with E-state index in [1.165, 1.54) is 11.7 Å². The molecule has 1 aromatic heterocycles. The summed E-state index contributed by atoms with van der Waals surface area (Å²) in [7, 11) is 1.50. The molecule has 1 heterocycles. The van der Waals surface area contributed by atoms with Crippen LogP contribution in [0.1, 0.15) is 27.9 Å². The maximum atomic E-state index is 12.6. The maximum Gasteiger partial charge on any atom is 0.269 e. The first-order chi connectivity index (χ1) is 12.3. The third kappa shape index (κ3) is 4.03. The highest BCUT2D eigenvalue weighted by Crippen LogP contribution is 2.25. The van der Waals surface area contributed by atoms with Crippen LogP contribution in [0.3, 0.4) is 0 Å². The van der Waals surface area contributed by atoms with Gasteiger partial charge in [0.15, 0.2) is 0 Å². The molecule has 1 aromatic carbocycles.